The highest BCUT2D eigenvalue weighted by molar-refractivity contribution is 7.91. The van der Waals surface area contributed by atoms with E-state index < -0.39 is 9.84 Å². The summed E-state index contributed by atoms with van der Waals surface area (Å²) in [6.07, 6.45) is 0.489. The van der Waals surface area contributed by atoms with E-state index >= 15 is 0 Å². The van der Waals surface area contributed by atoms with Gasteiger partial charge in [0.05, 0.1) is 28.2 Å². The van der Waals surface area contributed by atoms with Gasteiger partial charge in [0.2, 0.25) is 0 Å². The average molecular weight is 317 g/mol. The molecule has 8 heteroatoms. The van der Waals surface area contributed by atoms with Crippen LogP contribution in [0.1, 0.15) is 35.0 Å². The Hall–Kier alpha value is -1.15. The number of sulfone groups is 1. The summed E-state index contributed by atoms with van der Waals surface area (Å²) >= 11 is 1.56. The molecule has 0 radical (unpaired) electrons. The SMILES string of the molecule is Cc1nc(C)c([C@@H](C)NC(=O)N[C@H]2CCS(=O)(=O)C2)s1. The summed E-state index contributed by atoms with van der Waals surface area (Å²) in [5.74, 6) is 0.189. The lowest BCUT2D eigenvalue weighted by atomic mass is 10.2. The van der Waals surface area contributed by atoms with Gasteiger partial charge < -0.3 is 10.6 Å². The fraction of sp³-hybridized carbons (Fsp3) is 0.667. The van der Waals surface area contributed by atoms with Crippen molar-refractivity contribution in [2.45, 2.75) is 39.3 Å². The molecule has 0 saturated carbocycles. The normalized spacial score (nSPS) is 22.4. The maximum atomic E-state index is 11.9. The lowest BCUT2D eigenvalue weighted by molar-refractivity contribution is 0.235. The van der Waals surface area contributed by atoms with Crippen molar-refractivity contribution in [1.82, 2.24) is 15.6 Å². The van der Waals surface area contributed by atoms with Gasteiger partial charge in [0, 0.05) is 10.9 Å². The minimum atomic E-state index is -2.98. The monoisotopic (exact) mass is 317 g/mol. The summed E-state index contributed by atoms with van der Waals surface area (Å²) in [6.45, 7) is 5.74. The maximum Gasteiger partial charge on any atom is 0.315 e. The van der Waals surface area contributed by atoms with E-state index in [4.69, 9.17) is 0 Å². The zero-order chi connectivity index (χ0) is 14.9. The van der Waals surface area contributed by atoms with Crippen LogP contribution in [-0.4, -0.2) is 37.0 Å². The van der Waals surface area contributed by atoms with E-state index in [1.54, 1.807) is 11.3 Å². The Morgan fingerprint density at radius 2 is 2.15 bits per heavy atom. The molecule has 1 aliphatic rings. The number of nitrogens with zero attached hydrogens (tertiary/aromatic N) is 1. The van der Waals surface area contributed by atoms with Gasteiger partial charge in [-0.1, -0.05) is 0 Å². The first-order chi connectivity index (χ1) is 9.27. The Balaban J connectivity index is 1.90. The number of hydrogen-bond acceptors (Lipinski definition) is 5. The van der Waals surface area contributed by atoms with Gasteiger partial charge in [-0.2, -0.15) is 0 Å². The molecule has 1 aromatic heterocycles. The van der Waals surface area contributed by atoms with E-state index in [9.17, 15) is 13.2 Å². The molecule has 0 aliphatic carbocycles. The zero-order valence-electron chi connectivity index (χ0n) is 11.8. The largest absolute Gasteiger partial charge is 0.334 e. The van der Waals surface area contributed by atoms with Gasteiger partial charge in [0.25, 0.3) is 0 Å². The van der Waals surface area contributed by atoms with Crippen molar-refractivity contribution in [2.24, 2.45) is 0 Å². The predicted molar refractivity (Wildman–Crippen MR) is 78.7 cm³/mol. The average Bonchev–Trinajstić information content (AvgIpc) is 2.81. The fourth-order valence-electron chi connectivity index (χ4n) is 2.35. The number of urea groups is 1. The number of thiazole rings is 1. The third-order valence-electron chi connectivity index (χ3n) is 3.25. The zero-order valence-corrected chi connectivity index (χ0v) is 13.4. The third-order valence-corrected chi connectivity index (χ3v) is 6.27. The van der Waals surface area contributed by atoms with Crippen LogP contribution in [0.2, 0.25) is 0 Å². The molecule has 2 atom stereocenters. The Labute approximate surface area is 122 Å². The number of carbonyl (C=O) groups excluding carboxylic acids is 1. The molecule has 2 amide bonds. The highest BCUT2D eigenvalue weighted by atomic mass is 32.2. The number of rotatable bonds is 3. The molecule has 20 heavy (non-hydrogen) atoms. The number of amides is 2. The Bertz CT molecular complexity index is 609. The van der Waals surface area contributed by atoms with Gasteiger partial charge in [-0.25, -0.2) is 18.2 Å². The predicted octanol–water partition coefficient (Wildman–Crippen LogP) is 1.31. The summed E-state index contributed by atoms with van der Waals surface area (Å²) in [5.41, 5.74) is 0.920. The second-order valence-corrected chi connectivity index (χ2v) is 8.59. The standard InChI is InChI=1S/C12H19N3O3S2/c1-7-11(19-9(3)13-7)8(2)14-12(16)15-10-4-5-20(17,18)6-10/h8,10H,4-6H2,1-3H3,(H2,14,15,16)/t8-,10+/m1/s1. The molecule has 1 aliphatic heterocycles. The van der Waals surface area contributed by atoms with Gasteiger partial charge >= 0.3 is 6.03 Å². The molecule has 0 unspecified atom stereocenters. The smallest absolute Gasteiger partial charge is 0.315 e. The van der Waals surface area contributed by atoms with Gasteiger partial charge in [-0.15, -0.1) is 11.3 Å². The molecule has 1 fully saturated rings. The van der Waals surface area contributed by atoms with Crippen molar-refractivity contribution in [3.63, 3.8) is 0 Å². The first kappa shape index (κ1) is 15.2. The number of aryl methyl sites for hydroxylation is 2. The minimum Gasteiger partial charge on any atom is -0.334 e. The van der Waals surface area contributed by atoms with E-state index in [-0.39, 0.29) is 29.6 Å². The third kappa shape index (κ3) is 3.69. The first-order valence-electron chi connectivity index (χ1n) is 6.48. The fourth-order valence-corrected chi connectivity index (χ4v) is 4.95. The van der Waals surface area contributed by atoms with Crippen LogP contribution in [0.4, 0.5) is 4.79 Å². The molecule has 2 rings (SSSR count). The van der Waals surface area contributed by atoms with Crippen LogP contribution in [0.25, 0.3) is 0 Å². The van der Waals surface area contributed by atoms with E-state index in [0.717, 1.165) is 15.6 Å². The first-order valence-corrected chi connectivity index (χ1v) is 9.12. The molecule has 6 nitrogen and oxygen atoms in total. The molecule has 2 N–H and O–H groups in total. The molecule has 0 bridgehead atoms. The van der Waals surface area contributed by atoms with E-state index in [1.165, 1.54) is 0 Å². The second-order valence-electron chi connectivity index (χ2n) is 5.12. The van der Waals surface area contributed by atoms with E-state index in [0.29, 0.717) is 6.42 Å². The summed E-state index contributed by atoms with van der Waals surface area (Å²) in [7, 11) is -2.98. The van der Waals surface area contributed by atoms with E-state index in [2.05, 4.69) is 15.6 Å². The molecule has 0 spiro atoms. The second kappa shape index (κ2) is 5.69. The highest BCUT2D eigenvalue weighted by Gasteiger charge is 2.29. The molecule has 0 aromatic carbocycles. The topological polar surface area (TPSA) is 88.2 Å². The molecule has 2 heterocycles. The van der Waals surface area contributed by atoms with Gasteiger partial charge in [-0.3, -0.25) is 0 Å². The van der Waals surface area contributed by atoms with Crippen LogP contribution in [0.15, 0.2) is 0 Å². The highest BCUT2D eigenvalue weighted by Crippen LogP contribution is 2.24. The summed E-state index contributed by atoms with van der Waals surface area (Å²) in [5, 5.41) is 6.51. The van der Waals surface area contributed by atoms with Crippen LogP contribution in [0, 0.1) is 13.8 Å². The Kier molecular flexibility index (Phi) is 4.33. The van der Waals surface area contributed by atoms with Crippen LogP contribution < -0.4 is 10.6 Å². The van der Waals surface area contributed by atoms with Gasteiger partial charge in [0.15, 0.2) is 9.84 Å². The molecule has 1 aromatic rings. The van der Waals surface area contributed by atoms with Crippen molar-refractivity contribution in [2.75, 3.05) is 11.5 Å². The lowest BCUT2D eigenvalue weighted by Crippen LogP contribution is -2.43. The number of carbonyl (C=O) groups is 1. The molecule has 1 saturated heterocycles. The van der Waals surface area contributed by atoms with Gasteiger partial charge in [0.1, 0.15) is 0 Å². The van der Waals surface area contributed by atoms with Crippen molar-refractivity contribution in [1.29, 1.82) is 0 Å². The van der Waals surface area contributed by atoms with Crippen molar-refractivity contribution in [3.8, 4) is 0 Å². The van der Waals surface area contributed by atoms with Crippen LogP contribution in [0.3, 0.4) is 0 Å². The minimum absolute atomic E-state index is 0.0352. The summed E-state index contributed by atoms with van der Waals surface area (Å²) in [6, 6.07) is -0.749. The Morgan fingerprint density at radius 3 is 2.65 bits per heavy atom. The maximum absolute atomic E-state index is 11.9. The van der Waals surface area contributed by atoms with Crippen molar-refractivity contribution >= 4 is 27.2 Å². The summed E-state index contributed by atoms with van der Waals surface area (Å²) < 4.78 is 22.7. The van der Waals surface area contributed by atoms with Crippen molar-refractivity contribution < 1.29 is 13.2 Å². The van der Waals surface area contributed by atoms with Gasteiger partial charge in [-0.05, 0) is 27.2 Å². The van der Waals surface area contributed by atoms with E-state index in [1.807, 2.05) is 20.8 Å². The molecule has 112 valence electrons. The molecular weight excluding hydrogens is 298 g/mol. The van der Waals surface area contributed by atoms with Crippen LogP contribution >= 0.6 is 11.3 Å². The summed E-state index contributed by atoms with van der Waals surface area (Å²) in [4.78, 5) is 17.2. The lowest BCUT2D eigenvalue weighted by Gasteiger charge is -2.16. The van der Waals surface area contributed by atoms with Crippen LogP contribution in [0.5, 0.6) is 0 Å². The Morgan fingerprint density at radius 1 is 1.45 bits per heavy atom. The number of hydrogen-bond donors (Lipinski definition) is 2. The van der Waals surface area contributed by atoms with Crippen LogP contribution in [-0.2, 0) is 9.84 Å². The van der Waals surface area contributed by atoms with Crippen molar-refractivity contribution in [3.05, 3.63) is 15.6 Å². The molecular formula is C12H19N3O3S2. The number of nitrogens with one attached hydrogen (secondary N) is 2. The quantitative estimate of drug-likeness (QED) is 0.880. The number of aromatic nitrogens is 1.